The molecule has 0 aromatic heterocycles. The van der Waals surface area contributed by atoms with Gasteiger partial charge < -0.3 is 15.8 Å². The summed E-state index contributed by atoms with van der Waals surface area (Å²) < 4.78 is 0. The fourth-order valence-corrected chi connectivity index (χ4v) is 5.11. The van der Waals surface area contributed by atoms with E-state index in [1.165, 1.54) is 12.3 Å². The van der Waals surface area contributed by atoms with E-state index in [1.807, 2.05) is 20.8 Å². The summed E-state index contributed by atoms with van der Waals surface area (Å²) in [5, 5.41) is 3.74. The van der Waals surface area contributed by atoms with Crippen LogP contribution in [0.15, 0.2) is 0 Å². The van der Waals surface area contributed by atoms with Crippen molar-refractivity contribution < 1.29 is 21.3 Å². The van der Waals surface area contributed by atoms with Crippen molar-refractivity contribution >= 4 is 21.8 Å². The van der Waals surface area contributed by atoms with Gasteiger partial charge in [-0.1, -0.05) is 39.2 Å². The second-order valence-electron chi connectivity index (χ2n) is 5.86. The molecule has 0 saturated carbocycles. The molecule has 0 fully saturated rings. The number of carbonyl (C=O) groups is 1. The predicted octanol–water partition coefficient (Wildman–Crippen LogP) is 4.31. The second kappa shape index (κ2) is 16.2. The standard InChI is InChI=1S/C8H17N2O.C6H16P2.Ni/c1-4-5-10-8(11)7(9)6(2)3;1-7(2)5-6-8(3)4;/h6-7,9H,4-5H2,1-3H3,(H,10,11);5-6H2,1-4H3;/q-1;;+2/p+1/t7-;;/m0../s1. The summed E-state index contributed by atoms with van der Waals surface area (Å²) in [5.41, 5.74) is 7.37. The van der Waals surface area contributed by atoms with E-state index < -0.39 is 6.04 Å². The van der Waals surface area contributed by atoms with Crippen molar-refractivity contribution in [2.24, 2.45) is 5.92 Å². The van der Waals surface area contributed by atoms with Crippen LogP contribution in [0.3, 0.4) is 0 Å². The maximum atomic E-state index is 11.0. The van der Waals surface area contributed by atoms with Crippen LogP contribution in [0.2, 0.25) is 0 Å². The van der Waals surface area contributed by atoms with E-state index in [1.54, 1.807) is 0 Å². The van der Waals surface area contributed by atoms with Gasteiger partial charge in [-0.25, -0.2) is 0 Å². The van der Waals surface area contributed by atoms with Gasteiger partial charge in [0.05, 0.1) is 12.3 Å². The summed E-state index contributed by atoms with van der Waals surface area (Å²) in [5.74, 6) is -0.204. The van der Waals surface area contributed by atoms with E-state index in [-0.39, 0.29) is 44.2 Å². The first-order valence-corrected chi connectivity index (χ1v) is 12.6. The zero-order valence-corrected chi connectivity index (χ0v) is 17.1. The Morgan fingerprint density at radius 1 is 1.10 bits per heavy atom. The Hall–Kier alpha value is 0.784. The maximum absolute atomic E-state index is 11.0. The van der Waals surface area contributed by atoms with Crippen LogP contribution in [0.1, 0.15) is 27.2 Å². The smallest absolute Gasteiger partial charge is 0.670 e. The molecular formula is C14H34N2NiOP2+2. The number of carbonyl (C=O) groups excluding carboxylic acids is 1. The van der Waals surface area contributed by atoms with Crippen molar-refractivity contribution in [2.45, 2.75) is 33.2 Å². The number of amides is 1. The Bertz CT molecular complexity index is 219. The summed E-state index contributed by atoms with van der Waals surface area (Å²) in [4.78, 5) is 11.0. The molecule has 0 bridgehead atoms. The number of hydrogen-bond donors (Lipinski definition) is 0. The minimum atomic E-state index is -0.665. The Morgan fingerprint density at radius 2 is 1.50 bits per heavy atom. The average molecular weight is 367 g/mol. The van der Waals surface area contributed by atoms with Gasteiger partial charge in [-0.15, -0.1) is 6.54 Å². The van der Waals surface area contributed by atoms with Crippen LogP contribution >= 0.6 is 15.8 Å². The van der Waals surface area contributed by atoms with Crippen molar-refractivity contribution in [1.82, 2.24) is 0 Å². The molecule has 1 N–H and O–H groups in total. The van der Waals surface area contributed by atoms with Crippen molar-refractivity contribution in [2.75, 3.05) is 45.5 Å². The third kappa shape index (κ3) is 18.8. The molecule has 0 radical (unpaired) electrons. The van der Waals surface area contributed by atoms with E-state index in [0.29, 0.717) is 6.54 Å². The second-order valence-corrected chi connectivity index (χ2v) is 11.7. The zero-order chi connectivity index (χ0) is 15.4. The molecule has 0 heterocycles. The van der Waals surface area contributed by atoms with E-state index >= 15 is 0 Å². The molecule has 3 nitrogen and oxygen atoms in total. The summed E-state index contributed by atoms with van der Waals surface area (Å²) >= 11 is 0. The minimum absolute atomic E-state index is 0. The monoisotopic (exact) mass is 366 g/mol. The van der Waals surface area contributed by atoms with Gasteiger partial charge in [-0.05, 0) is 15.8 Å². The molecule has 0 aliphatic rings. The van der Waals surface area contributed by atoms with Gasteiger partial charge in [0.1, 0.15) is 0 Å². The molecule has 0 spiro atoms. The van der Waals surface area contributed by atoms with Crippen molar-refractivity contribution in [1.29, 1.82) is 0 Å². The SMILES string of the molecule is CCC[N-]C(=O)[C@@H]([NH-])C(C)C.C[PH+](C)CC[PH+](C)C.[Ni+2]. The first-order valence-electron chi connectivity index (χ1n) is 7.22. The predicted molar refractivity (Wildman–Crippen MR) is 96.5 cm³/mol. The number of hydrogen-bond acceptors (Lipinski definition) is 1. The molecule has 0 aromatic carbocycles. The number of nitrogens with one attached hydrogen (secondary N) is 1. The summed E-state index contributed by atoms with van der Waals surface area (Å²) in [7, 11) is 0.191. The molecule has 0 unspecified atom stereocenters. The van der Waals surface area contributed by atoms with Crippen molar-refractivity contribution in [3.05, 3.63) is 11.1 Å². The van der Waals surface area contributed by atoms with Gasteiger partial charge in [0, 0.05) is 32.6 Å². The van der Waals surface area contributed by atoms with Crippen LogP contribution in [0.4, 0.5) is 0 Å². The number of rotatable bonds is 7. The van der Waals surface area contributed by atoms with Gasteiger partial charge >= 0.3 is 16.5 Å². The van der Waals surface area contributed by atoms with Crippen LogP contribution in [0.25, 0.3) is 11.1 Å². The molecule has 6 heteroatoms. The summed E-state index contributed by atoms with van der Waals surface area (Å²) in [6.07, 6.45) is 3.94. The van der Waals surface area contributed by atoms with Gasteiger partial charge in [0.25, 0.3) is 0 Å². The summed E-state index contributed by atoms with van der Waals surface area (Å²) in [6, 6.07) is -0.665. The zero-order valence-electron chi connectivity index (χ0n) is 14.2. The Labute approximate surface area is 139 Å². The largest absolute Gasteiger partial charge is 2.00 e. The van der Waals surface area contributed by atoms with Crippen LogP contribution in [-0.4, -0.2) is 57.5 Å². The van der Waals surface area contributed by atoms with Gasteiger partial charge in [-0.2, -0.15) is 0 Å². The first-order chi connectivity index (χ1) is 8.72. The molecule has 0 aromatic rings. The third-order valence-corrected chi connectivity index (χ3v) is 5.55. The molecule has 20 heavy (non-hydrogen) atoms. The fourth-order valence-electron chi connectivity index (χ4n) is 1.11. The van der Waals surface area contributed by atoms with E-state index in [0.717, 1.165) is 6.42 Å². The number of nitrogens with zero attached hydrogens (tertiary/aromatic N) is 1. The average Bonchev–Trinajstić information content (AvgIpc) is 2.33. The van der Waals surface area contributed by atoms with Gasteiger partial charge in [0.15, 0.2) is 0 Å². The van der Waals surface area contributed by atoms with Crippen molar-refractivity contribution in [3.8, 4) is 0 Å². The van der Waals surface area contributed by atoms with Crippen LogP contribution in [-0.2, 0) is 21.3 Å². The molecule has 124 valence electrons. The van der Waals surface area contributed by atoms with Crippen LogP contribution in [0.5, 0.6) is 0 Å². The minimum Gasteiger partial charge on any atom is -0.670 e. The molecule has 0 saturated heterocycles. The van der Waals surface area contributed by atoms with Gasteiger partial charge in [-0.3, -0.25) is 0 Å². The quantitative estimate of drug-likeness (QED) is 0.489. The molecule has 0 aliphatic heterocycles. The molecular weight excluding hydrogens is 333 g/mol. The Morgan fingerprint density at radius 3 is 1.75 bits per heavy atom. The van der Waals surface area contributed by atoms with Crippen LogP contribution < -0.4 is 0 Å². The molecule has 0 aliphatic carbocycles. The first kappa shape index (κ1) is 25.7. The van der Waals surface area contributed by atoms with Crippen LogP contribution in [0, 0.1) is 5.92 Å². The van der Waals surface area contributed by atoms with E-state index in [4.69, 9.17) is 5.73 Å². The van der Waals surface area contributed by atoms with E-state index in [2.05, 4.69) is 32.0 Å². The topological polar surface area (TPSA) is 55.0 Å². The normalized spacial score (nSPS) is 11.8. The summed E-state index contributed by atoms with van der Waals surface area (Å²) in [6.45, 7) is 15.8. The molecule has 1 atom stereocenters. The van der Waals surface area contributed by atoms with Crippen molar-refractivity contribution in [3.63, 3.8) is 0 Å². The third-order valence-electron chi connectivity index (χ3n) is 2.55. The molecule has 0 rings (SSSR count). The Kier molecular flexibility index (Phi) is 20.8. The van der Waals surface area contributed by atoms with Gasteiger partial charge in [0.2, 0.25) is 0 Å². The molecule has 1 amide bonds. The van der Waals surface area contributed by atoms with E-state index in [9.17, 15) is 4.79 Å². The Balaban J connectivity index is -0.000000288. The fraction of sp³-hybridized carbons (Fsp3) is 0.929. The maximum Gasteiger partial charge on any atom is 2.00 e.